The van der Waals surface area contributed by atoms with E-state index in [-0.39, 0.29) is 5.91 Å². The summed E-state index contributed by atoms with van der Waals surface area (Å²) >= 11 is 0. The maximum Gasteiger partial charge on any atom is 0.268 e. The third kappa shape index (κ3) is 2.90. The number of amides is 1. The Morgan fingerprint density at radius 3 is 3.28 bits per heavy atom. The van der Waals surface area contributed by atoms with Gasteiger partial charge in [0.25, 0.3) is 5.91 Å². The van der Waals surface area contributed by atoms with Crippen molar-refractivity contribution < 1.29 is 13.9 Å². The maximum absolute atomic E-state index is 11.5. The van der Waals surface area contributed by atoms with E-state index in [1.807, 2.05) is 0 Å². The second-order valence-electron chi connectivity index (χ2n) is 4.58. The Bertz CT molecular complexity index is 405. The standard InChI is InChI=1S/C12H19N3O3/c1-17-8-9-2-4-15(6-9)7-11-10(3-5-18-11)12(16)14-13/h3,5,9H,2,4,6-8,13H2,1H3,(H,14,16). The average Bonchev–Trinajstić information content (AvgIpc) is 2.99. The lowest BCUT2D eigenvalue weighted by Gasteiger charge is -2.14. The van der Waals surface area contributed by atoms with Gasteiger partial charge in [-0.3, -0.25) is 15.1 Å². The highest BCUT2D eigenvalue weighted by Crippen LogP contribution is 2.20. The highest BCUT2D eigenvalue weighted by Gasteiger charge is 2.24. The highest BCUT2D eigenvalue weighted by molar-refractivity contribution is 5.94. The molecule has 18 heavy (non-hydrogen) atoms. The molecule has 0 radical (unpaired) electrons. The molecule has 6 heteroatoms. The zero-order valence-corrected chi connectivity index (χ0v) is 10.5. The van der Waals surface area contributed by atoms with E-state index in [2.05, 4.69) is 10.3 Å². The number of carbonyl (C=O) groups is 1. The molecule has 1 unspecified atom stereocenters. The predicted octanol–water partition coefficient (Wildman–Crippen LogP) is 0.351. The van der Waals surface area contributed by atoms with E-state index in [0.29, 0.717) is 23.8 Å². The quantitative estimate of drug-likeness (QED) is 0.449. The van der Waals surface area contributed by atoms with Crippen molar-refractivity contribution in [1.82, 2.24) is 10.3 Å². The summed E-state index contributed by atoms with van der Waals surface area (Å²) in [6.07, 6.45) is 2.63. The summed E-state index contributed by atoms with van der Waals surface area (Å²) in [5.41, 5.74) is 2.63. The van der Waals surface area contributed by atoms with E-state index >= 15 is 0 Å². The summed E-state index contributed by atoms with van der Waals surface area (Å²) in [6, 6.07) is 1.64. The fourth-order valence-corrected chi connectivity index (χ4v) is 2.37. The minimum Gasteiger partial charge on any atom is -0.467 e. The first-order valence-corrected chi connectivity index (χ1v) is 6.03. The van der Waals surface area contributed by atoms with Crippen molar-refractivity contribution in [2.75, 3.05) is 26.8 Å². The van der Waals surface area contributed by atoms with Gasteiger partial charge in [-0.2, -0.15) is 0 Å². The molecule has 1 saturated heterocycles. The molecule has 2 heterocycles. The Hall–Kier alpha value is -1.37. The van der Waals surface area contributed by atoms with Crippen LogP contribution in [0.4, 0.5) is 0 Å². The molecule has 3 N–H and O–H groups in total. The molecule has 2 rings (SSSR count). The summed E-state index contributed by atoms with van der Waals surface area (Å²) in [4.78, 5) is 13.8. The van der Waals surface area contributed by atoms with Crippen molar-refractivity contribution in [3.05, 3.63) is 23.7 Å². The van der Waals surface area contributed by atoms with Gasteiger partial charge in [0.15, 0.2) is 0 Å². The Labute approximate surface area is 106 Å². The largest absolute Gasteiger partial charge is 0.467 e. The number of hydrogen-bond donors (Lipinski definition) is 2. The Morgan fingerprint density at radius 2 is 2.56 bits per heavy atom. The van der Waals surface area contributed by atoms with Gasteiger partial charge in [0.05, 0.1) is 25.0 Å². The van der Waals surface area contributed by atoms with Crippen LogP contribution in [0, 0.1) is 5.92 Å². The van der Waals surface area contributed by atoms with Gasteiger partial charge in [-0.1, -0.05) is 0 Å². The van der Waals surface area contributed by atoms with Crippen LogP contribution in [0.1, 0.15) is 22.5 Å². The summed E-state index contributed by atoms with van der Waals surface area (Å²) in [5, 5.41) is 0. The number of hydrazine groups is 1. The van der Waals surface area contributed by atoms with Gasteiger partial charge in [0.2, 0.25) is 0 Å². The molecule has 100 valence electrons. The predicted molar refractivity (Wildman–Crippen MR) is 65.6 cm³/mol. The average molecular weight is 253 g/mol. The summed E-state index contributed by atoms with van der Waals surface area (Å²) in [7, 11) is 1.72. The molecular formula is C12H19N3O3. The van der Waals surface area contributed by atoms with Crippen LogP contribution in [0.25, 0.3) is 0 Å². The first-order valence-electron chi connectivity index (χ1n) is 6.03. The molecule has 1 aliphatic rings. The van der Waals surface area contributed by atoms with E-state index < -0.39 is 0 Å². The van der Waals surface area contributed by atoms with Gasteiger partial charge >= 0.3 is 0 Å². The molecule has 0 aliphatic carbocycles. The van der Waals surface area contributed by atoms with Gasteiger partial charge in [-0.25, -0.2) is 5.84 Å². The third-order valence-electron chi connectivity index (χ3n) is 3.26. The van der Waals surface area contributed by atoms with Gasteiger partial charge in [-0.05, 0) is 24.9 Å². The lowest BCUT2D eigenvalue weighted by Crippen LogP contribution is -2.31. The SMILES string of the molecule is COCC1CCN(Cc2occc2C(=O)NN)C1. The minimum atomic E-state index is -0.314. The zero-order chi connectivity index (χ0) is 13.0. The molecule has 0 saturated carbocycles. The first-order chi connectivity index (χ1) is 8.74. The second-order valence-corrected chi connectivity index (χ2v) is 4.58. The van der Waals surface area contributed by atoms with Crippen LogP contribution in [-0.2, 0) is 11.3 Å². The summed E-state index contributed by atoms with van der Waals surface area (Å²) in [5.74, 6) is 6.05. The lowest BCUT2D eigenvalue weighted by molar-refractivity contribution is 0.0950. The van der Waals surface area contributed by atoms with Crippen LogP contribution < -0.4 is 11.3 Å². The second kappa shape index (κ2) is 5.99. The molecule has 1 atom stereocenters. The van der Waals surface area contributed by atoms with Crippen LogP contribution in [0.5, 0.6) is 0 Å². The van der Waals surface area contributed by atoms with Crippen molar-refractivity contribution in [1.29, 1.82) is 0 Å². The molecule has 1 fully saturated rings. The molecule has 1 aromatic rings. The van der Waals surface area contributed by atoms with E-state index in [0.717, 1.165) is 26.1 Å². The number of carbonyl (C=O) groups excluding carboxylic acids is 1. The van der Waals surface area contributed by atoms with Gasteiger partial charge in [0.1, 0.15) is 5.76 Å². The molecule has 0 aromatic carbocycles. The molecule has 0 bridgehead atoms. The van der Waals surface area contributed by atoms with Gasteiger partial charge in [-0.15, -0.1) is 0 Å². The smallest absolute Gasteiger partial charge is 0.268 e. The number of nitrogens with zero attached hydrogens (tertiary/aromatic N) is 1. The number of nitrogens with one attached hydrogen (secondary N) is 1. The van der Waals surface area contributed by atoms with Crippen molar-refractivity contribution in [3.8, 4) is 0 Å². The first kappa shape index (κ1) is 13.1. The topological polar surface area (TPSA) is 80.7 Å². The van der Waals surface area contributed by atoms with Crippen LogP contribution in [0.3, 0.4) is 0 Å². The van der Waals surface area contributed by atoms with Crippen molar-refractivity contribution in [2.45, 2.75) is 13.0 Å². The summed E-state index contributed by atoms with van der Waals surface area (Å²) in [6.45, 7) is 3.39. The van der Waals surface area contributed by atoms with E-state index in [9.17, 15) is 4.79 Å². The molecule has 0 spiro atoms. The number of methoxy groups -OCH3 is 1. The van der Waals surface area contributed by atoms with Crippen LogP contribution in [0.2, 0.25) is 0 Å². The zero-order valence-electron chi connectivity index (χ0n) is 10.5. The van der Waals surface area contributed by atoms with Crippen LogP contribution in [0.15, 0.2) is 16.7 Å². The maximum atomic E-state index is 11.5. The molecule has 1 aliphatic heterocycles. The molecule has 1 aromatic heterocycles. The van der Waals surface area contributed by atoms with Crippen LogP contribution >= 0.6 is 0 Å². The monoisotopic (exact) mass is 253 g/mol. The van der Waals surface area contributed by atoms with E-state index in [4.69, 9.17) is 15.0 Å². The highest BCUT2D eigenvalue weighted by atomic mass is 16.5. The van der Waals surface area contributed by atoms with Crippen molar-refractivity contribution in [2.24, 2.45) is 11.8 Å². The minimum absolute atomic E-state index is 0.314. The number of rotatable bonds is 5. The van der Waals surface area contributed by atoms with Crippen molar-refractivity contribution >= 4 is 5.91 Å². The van der Waals surface area contributed by atoms with E-state index in [1.54, 1.807) is 13.2 Å². The number of hydrogen-bond acceptors (Lipinski definition) is 5. The Morgan fingerprint density at radius 1 is 1.72 bits per heavy atom. The number of ether oxygens (including phenoxy) is 1. The fourth-order valence-electron chi connectivity index (χ4n) is 2.37. The molecule has 1 amide bonds. The Balaban J connectivity index is 1.94. The van der Waals surface area contributed by atoms with E-state index in [1.165, 1.54) is 6.26 Å². The third-order valence-corrected chi connectivity index (χ3v) is 3.26. The van der Waals surface area contributed by atoms with Crippen LogP contribution in [-0.4, -0.2) is 37.6 Å². The molecular weight excluding hydrogens is 234 g/mol. The normalized spacial score (nSPS) is 20.2. The fraction of sp³-hybridized carbons (Fsp3) is 0.583. The number of likely N-dealkylation sites (tertiary alicyclic amines) is 1. The summed E-state index contributed by atoms with van der Waals surface area (Å²) < 4.78 is 10.5. The lowest BCUT2D eigenvalue weighted by atomic mass is 10.1. The molecule has 6 nitrogen and oxygen atoms in total. The van der Waals surface area contributed by atoms with Gasteiger partial charge < -0.3 is 9.15 Å². The number of nitrogen functional groups attached to an aromatic ring is 1. The van der Waals surface area contributed by atoms with Crippen molar-refractivity contribution in [3.63, 3.8) is 0 Å². The number of furan rings is 1. The number of nitrogens with two attached hydrogens (primary N) is 1. The van der Waals surface area contributed by atoms with Gasteiger partial charge in [0, 0.05) is 13.7 Å². The Kier molecular flexibility index (Phi) is 4.35.